The van der Waals surface area contributed by atoms with Crippen molar-refractivity contribution < 1.29 is 9.26 Å². The topological polar surface area (TPSA) is 74.2 Å². The van der Waals surface area contributed by atoms with Crippen molar-refractivity contribution in [2.45, 2.75) is 38.8 Å². The van der Waals surface area contributed by atoms with E-state index in [0.29, 0.717) is 18.3 Å². The highest BCUT2D eigenvalue weighted by molar-refractivity contribution is 5.54. The number of nitrogens with two attached hydrogens (primary N) is 1. The van der Waals surface area contributed by atoms with Gasteiger partial charge in [-0.2, -0.15) is 4.98 Å². The van der Waals surface area contributed by atoms with Crippen LogP contribution in [0.3, 0.4) is 0 Å². The molecule has 1 aliphatic carbocycles. The molecular weight excluding hydrogens is 314 g/mol. The lowest BCUT2D eigenvalue weighted by Gasteiger charge is -2.16. The van der Waals surface area contributed by atoms with E-state index < -0.39 is 0 Å². The van der Waals surface area contributed by atoms with E-state index in [2.05, 4.69) is 22.3 Å². The van der Waals surface area contributed by atoms with Crippen LogP contribution in [0.4, 0.5) is 0 Å². The first-order valence-electron chi connectivity index (χ1n) is 8.68. The van der Waals surface area contributed by atoms with Crippen LogP contribution in [0.2, 0.25) is 0 Å². The minimum Gasteiger partial charge on any atom is -0.484 e. The molecule has 0 aliphatic heterocycles. The number of aromatic nitrogens is 2. The average Bonchev–Trinajstić information content (AvgIpc) is 3.15. The van der Waals surface area contributed by atoms with E-state index in [9.17, 15) is 0 Å². The molecule has 5 nitrogen and oxygen atoms in total. The molecule has 25 heavy (non-hydrogen) atoms. The molecule has 0 fully saturated rings. The summed E-state index contributed by atoms with van der Waals surface area (Å²) in [6.45, 7) is 0.791. The van der Waals surface area contributed by atoms with Gasteiger partial charge in [0.05, 0.1) is 0 Å². The highest BCUT2D eigenvalue weighted by Crippen LogP contribution is 2.26. The molecule has 0 unspecified atom stereocenters. The third-order valence-corrected chi connectivity index (χ3v) is 4.60. The van der Waals surface area contributed by atoms with E-state index in [-0.39, 0.29) is 6.61 Å². The summed E-state index contributed by atoms with van der Waals surface area (Å²) in [7, 11) is 0. The zero-order valence-electron chi connectivity index (χ0n) is 14.1. The maximum absolute atomic E-state index is 5.83. The molecule has 1 aromatic heterocycles. The Balaban J connectivity index is 1.42. The van der Waals surface area contributed by atoms with Gasteiger partial charge in [0.25, 0.3) is 5.89 Å². The molecule has 128 valence electrons. The fourth-order valence-electron chi connectivity index (χ4n) is 3.17. The molecule has 4 rings (SSSR count). The van der Waals surface area contributed by atoms with E-state index in [1.165, 1.54) is 30.4 Å². The smallest absolute Gasteiger partial charge is 0.264 e. The normalized spacial score (nSPS) is 13.5. The van der Waals surface area contributed by atoms with Crippen LogP contribution in [0.25, 0.3) is 11.4 Å². The lowest BCUT2D eigenvalue weighted by Crippen LogP contribution is -2.03. The highest BCUT2D eigenvalue weighted by Gasteiger charge is 2.12. The van der Waals surface area contributed by atoms with E-state index in [1.54, 1.807) is 0 Å². The Kier molecular flexibility index (Phi) is 4.48. The molecule has 0 bridgehead atoms. The molecule has 2 aromatic carbocycles. The van der Waals surface area contributed by atoms with Crippen molar-refractivity contribution in [2.24, 2.45) is 5.73 Å². The van der Waals surface area contributed by atoms with Gasteiger partial charge in [-0.15, -0.1) is 0 Å². The molecular formula is C20H21N3O2. The Bertz CT molecular complexity index is 856. The minimum atomic E-state index is 0.271. The van der Waals surface area contributed by atoms with E-state index >= 15 is 0 Å². The molecule has 3 aromatic rings. The standard InChI is InChI=1S/C20H21N3O2/c21-12-14-5-7-16(8-6-14)20-22-19(25-23-20)13-24-18-10-9-15-3-1-2-4-17(15)11-18/h5-11H,1-4,12-13,21H2. The molecule has 0 amide bonds. The molecule has 0 saturated heterocycles. The van der Waals surface area contributed by atoms with Gasteiger partial charge in [0.15, 0.2) is 6.61 Å². The first-order chi connectivity index (χ1) is 12.3. The average molecular weight is 335 g/mol. The Morgan fingerprint density at radius 1 is 1.00 bits per heavy atom. The predicted molar refractivity (Wildman–Crippen MR) is 95.0 cm³/mol. The van der Waals surface area contributed by atoms with E-state index in [1.807, 2.05) is 30.3 Å². The SMILES string of the molecule is NCc1ccc(-c2noc(COc3ccc4c(c3)CCCC4)n2)cc1. The maximum Gasteiger partial charge on any atom is 0.264 e. The van der Waals surface area contributed by atoms with Gasteiger partial charge >= 0.3 is 0 Å². The number of fused-ring (bicyclic) bond motifs is 1. The van der Waals surface area contributed by atoms with Gasteiger partial charge < -0.3 is 15.0 Å². The van der Waals surface area contributed by atoms with Crippen molar-refractivity contribution in [1.29, 1.82) is 0 Å². The number of aryl methyl sites for hydroxylation is 2. The summed E-state index contributed by atoms with van der Waals surface area (Å²) in [5.41, 5.74) is 10.4. The lowest BCUT2D eigenvalue weighted by atomic mass is 9.92. The van der Waals surface area contributed by atoms with Crippen molar-refractivity contribution in [3.05, 3.63) is 65.0 Å². The quantitative estimate of drug-likeness (QED) is 0.770. The molecule has 0 radical (unpaired) electrons. The second-order valence-electron chi connectivity index (χ2n) is 6.34. The van der Waals surface area contributed by atoms with Gasteiger partial charge in [-0.25, -0.2) is 0 Å². The van der Waals surface area contributed by atoms with Crippen LogP contribution in [0.5, 0.6) is 5.75 Å². The second-order valence-corrected chi connectivity index (χ2v) is 6.34. The van der Waals surface area contributed by atoms with Crippen LogP contribution in [-0.2, 0) is 26.0 Å². The largest absolute Gasteiger partial charge is 0.484 e. The first kappa shape index (κ1) is 15.8. The van der Waals surface area contributed by atoms with Crippen molar-refractivity contribution in [1.82, 2.24) is 10.1 Å². The van der Waals surface area contributed by atoms with Crippen LogP contribution in [0.15, 0.2) is 47.0 Å². The number of ether oxygens (including phenoxy) is 1. The van der Waals surface area contributed by atoms with Crippen LogP contribution >= 0.6 is 0 Å². The lowest BCUT2D eigenvalue weighted by molar-refractivity contribution is 0.242. The Labute approximate surface area is 146 Å². The number of hydrogen-bond acceptors (Lipinski definition) is 5. The minimum absolute atomic E-state index is 0.271. The number of hydrogen-bond donors (Lipinski definition) is 1. The van der Waals surface area contributed by atoms with Crippen LogP contribution in [0, 0.1) is 0 Å². The second kappa shape index (κ2) is 7.07. The molecule has 0 saturated carbocycles. The predicted octanol–water partition coefficient (Wildman–Crippen LogP) is 3.65. The summed E-state index contributed by atoms with van der Waals surface area (Å²) in [6.07, 6.45) is 4.85. The van der Waals surface area contributed by atoms with E-state index in [0.717, 1.165) is 23.3 Å². The maximum atomic E-state index is 5.83. The van der Waals surface area contributed by atoms with Crippen LogP contribution < -0.4 is 10.5 Å². The van der Waals surface area contributed by atoms with Gasteiger partial charge in [-0.1, -0.05) is 35.5 Å². The van der Waals surface area contributed by atoms with Crippen LogP contribution in [-0.4, -0.2) is 10.1 Å². The van der Waals surface area contributed by atoms with E-state index in [4.69, 9.17) is 15.0 Å². The number of benzene rings is 2. The molecule has 1 aliphatic rings. The fourth-order valence-corrected chi connectivity index (χ4v) is 3.17. The van der Waals surface area contributed by atoms with Gasteiger partial charge in [0, 0.05) is 12.1 Å². The van der Waals surface area contributed by atoms with Crippen LogP contribution in [0.1, 0.15) is 35.4 Å². The van der Waals surface area contributed by atoms with Crippen molar-refractivity contribution in [3.63, 3.8) is 0 Å². The van der Waals surface area contributed by atoms with Crippen molar-refractivity contribution in [3.8, 4) is 17.1 Å². The zero-order chi connectivity index (χ0) is 17.1. The summed E-state index contributed by atoms with van der Waals surface area (Å²) in [4.78, 5) is 4.40. The molecule has 1 heterocycles. The summed E-state index contributed by atoms with van der Waals surface area (Å²) >= 11 is 0. The van der Waals surface area contributed by atoms with Gasteiger partial charge in [-0.3, -0.25) is 0 Å². The third-order valence-electron chi connectivity index (χ3n) is 4.60. The molecule has 2 N–H and O–H groups in total. The summed E-state index contributed by atoms with van der Waals surface area (Å²) in [6, 6.07) is 14.2. The Hall–Kier alpha value is -2.66. The monoisotopic (exact) mass is 335 g/mol. The highest BCUT2D eigenvalue weighted by atomic mass is 16.5. The fraction of sp³-hybridized carbons (Fsp3) is 0.300. The molecule has 0 atom stereocenters. The summed E-state index contributed by atoms with van der Waals surface area (Å²) < 4.78 is 11.1. The number of rotatable bonds is 5. The first-order valence-corrected chi connectivity index (χ1v) is 8.68. The Morgan fingerprint density at radius 2 is 1.80 bits per heavy atom. The third kappa shape index (κ3) is 3.56. The molecule has 0 spiro atoms. The summed E-state index contributed by atoms with van der Waals surface area (Å²) in [5, 5.41) is 4.03. The van der Waals surface area contributed by atoms with Gasteiger partial charge in [0.1, 0.15) is 5.75 Å². The Morgan fingerprint density at radius 3 is 2.60 bits per heavy atom. The molecule has 5 heteroatoms. The number of nitrogens with zero attached hydrogens (tertiary/aromatic N) is 2. The zero-order valence-corrected chi connectivity index (χ0v) is 14.1. The van der Waals surface area contributed by atoms with Crippen molar-refractivity contribution in [2.75, 3.05) is 0 Å². The summed E-state index contributed by atoms with van der Waals surface area (Å²) in [5.74, 6) is 1.89. The van der Waals surface area contributed by atoms with Crippen molar-refractivity contribution >= 4 is 0 Å². The van der Waals surface area contributed by atoms with Gasteiger partial charge in [0.2, 0.25) is 5.82 Å². The van der Waals surface area contributed by atoms with Gasteiger partial charge in [-0.05, 0) is 54.5 Å².